The van der Waals surface area contributed by atoms with Gasteiger partial charge < -0.3 is 9.84 Å². The Morgan fingerprint density at radius 2 is 1.82 bits per heavy atom. The average molecular weight is 451 g/mol. The van der Waals surface area contributed by atoms with E-state index in [-0.39, 0.29) is 17.4 Å². The second-order valence-electron chi connectivity index (χ2n) is 11.1. The van der Waals surface area contributed by atoms with Crippen LogP contribution in [0.3, 0.4) is 0 Å². The maximum absolute atomic E-state index is 12.8. The van der Waals surface area contributed by atoms with Gasteiger partial charge >= 0.3 is 5.97 Å². The van der Waals surface area contributed by atoms with Crippen LogP contribution in [0.25, 0.3) is 0 Å². The van der Waals surface area contributed by atoms with E-state index in [0.717, 1.165) is 26.1 Å². The van der Waals surface area contributed by atoms with Crippen molar-refractivity contribution in [2.24, 2.45) is 5.92 Å². The van der Waals surface area contributed by atoms with Crippen LogP contribution in [0.5, 0.6) is 5.75 Å². The number of carbonyl (C=O) groups is 1. The van der Waals surface area contributed by atoms with Crippen molar-refractivity contribution in [1.29, 1.82) is 0 Å². The number of piperazine rings is 1. The van der Waals surface area contributed by atoms with Crippen LogP contribution in [0.2, 0.25) is 0 Å². The summed E-state index contributed by atoms with van der Waals surface area (Å²) in [7, 11) is 0. The zero-order valence-electron chi connectivity index (χ0n) is 20.6. The molecule has 0 radical (unpaired) electrons. The van der Waals surface area contributed by atoms with Crippen LogP contribution in [-0.4, -0.2) is 58.7 Å². The predicted octanol–water partition coefficient (Wildman–Crippen LogP) is 4.76. The van der Waals surface area contributed by atoms with Crippen molar-refractivity contribution in [3.05, 3.63) is 65.7 Å². The summed E-state index contributed by atoms with van der Waals surface area (Å²) in [4.78, 5) is 17.7. The number of ether oxygens (including phenoxy) is 1. The number of benzene rings is 2. The number of hydrogen-bond acceptors (Lipinski definition) is 5. The number of phenolic OH excluding ortho intramolecular Hbond substituents is 1. The molecule has 0 bridgehead atoms. The third-order valence-electron chi connectivity index (χ3n) is 7.51. The molecule has 2 aromatic rings. The molecule has 5 heteroatoms. The Labute approximate surface area is 198 Å². The molecular formula is C28H38N2O3. The highest BCUT2D eigenvalue weighted by molar-refractivity contribution is 5.72. The van der Waals surface area contributed by atoms with E-state index < -0.39 is 5.60 Å². The summed E-state index contributed by atoms with van der Waals surface area (Å²) in [5, 5.41) is 10.1. The third-order valence-corrected chi connectivity index (χ3v) is 7.51. The summed E-state index contributed by atoms with van der Waals surface area (Å²) in [6.45, 7) is 13.4. The lowest BCUT2D eigenvalue weighted by atomic mass is 9.65. The summed E-state index contributed by atoms with van der Waals surface area (Å²) in [6, 6.07) is 18.8. The number of aromatic hydroxyl groups is 1. The van der Waals surface area contributed by atoms with Gasteiger partial charge in [-0.05, 0) is 61.8 Å². The number of nitrogens with zero attached hydrogens (tertiary/aromatic N) is 2. The molecule has 2 saturated heterocycles. The molecule has 1 N–H and O–H groups in total. The summed E-state index contributed by atoms with van der Waals surface area (Å²) < 4.78 is 5.68. The molecule has 2 unspecified atom stereocenters. The number of hydrogen-bond donors (Lipinski definition) is 1. The fourth-order valence-corrected chi connectivity index (χ4v) is 5.63. The fraction of sp³-hybridized carbons (Fsp3) is 0.536. The molecule has 0 amide bonds. The molecule has 4 atom stereocenters. The Kier molecular flexibility index (Phi) is 6.56. The minimum absolute atomic E-state index is 0.0307. The van der Waals surface area contributed by atoms with Gasteiger partial charge in [-0.25, -0.2) is 0 Å². The maximum atomic E-state index is 12.8. The molecule has 33 heavy (non-hydrogen) atoms. The number of rotatable bonds is 4. The van der Waals surface area contributed by atoms with Crippen molar-refractivity contribution in [2.75, 3.05) is 26.2 Å². The Hall–Kier alpha value is -2.37. The van der Waals surface area contributed by atoms with Crippen LogP contribution < -0.4 is 0 Å². The number of esters is 1. The lowest BCUT2D eigenvalue weighted by molar-refractivity contribution is -0.158. The second-order valence-corrected chi connectivity index (χ2v) is 11.1. The van der Waals surface area contributed by atoms with Gasteiger partial charge in [-0.2, -0.15) is 0 Å². The largest absolute Gasteiger partial charge is 0.508 e. The SMILES string of the molecule is CC1CN2C[C@H](c3ccccc3)N(CC(=O)OC(C)(C)C)CC2C[C@@]1(C)c1cccc(O)c1. The molecule has 5 nitrogen and oxygen atoms in total. The van der Waals surface area contributed by atoms with Crippen LogP contribution in [-0.2, 0) is 14.9 Å². The van der Waals surface area contributed by atoms with Gasteiger partial charge in [0.15, 0.2) is 0 Å². The maximum Gasteiger partial charge on any atom is 0.320 e. The molecule has 0 spiro atoms. The minimum atomic E-state index is -0.491. The van der Waals surface area contributed by atoms with Crippen molar-refractivity contribution >= 4 is 5.97 Å². The smallest absolute Gasteiger partial charge is 0.320 e. The fourth-order valence-electron chi connectivity index (χ4n) is 5.63. The molecule has 2 aromatic carbocycles. The van der Waals surface area contributed by atoms with Crippen molar-refractivity contribution < 1.29 is 14.6 Å². The van der Waals surface area contributed by atoms with Crippen molar-refractivity contribution in [3.8, 4) is 5.75 Å². The number of fused-ring (bicyclic) bond motifs is 1. The Bertz CT molecular complexity index is 971. The van der Waals surface area contributed by atoms with Gasteiger partial charge in [0, 0.05) is 31.7 Å². The van der Waals surface area contributed by atoms with Gasteiger partial charge in [-0.1, -0.05) is 56.3 Å². The molecule has 0 aliphatic carbocycles. The quantitative estimate of drug-likeness (QED) is 0.681. The van der Waals surface area contributed by atoms with Crippen molar-refractivity contribution in [1.82, 2.24) is 9.80 Å². The predicted molar refractivity (Wildman–Crippen MR) is 131 cm³/mol. The summed E-state index contributed by atoms with van der Waals surface area (Å²) in [5.41, 5.74) is 1.92. The van der Waals surface area contributed by atoms with Gasteiger partial charge in [0.05, 0.1) is 6.54 Å². The van der Waals surface area contributed by atoms with E-state index in [1.54, 1.807) is 6.07 Å². The monoisotopic (exact) mass is 450 g/mol. The summed E-state index contributed by atoms with van der Waals surface area (Å²) in [6.07, 6.45) is 0.990. The molecule has 2 aliphatic heterocycles. The van der Waals surface area contributed by atoms with E-state index >= 15 is 0 Å². The topological polar surface area (TPSA) is 53.0 Å². The number of piperidine rings is 1. The van der Waals surface area contributed by atoms with Gasteiger partial charge in [0.2, 0.25) is 0 Å². The van der Waals surface area contributed by atoms with E-state index in [9.17, 15) is 9.90 Å². The zero-order valence-corrected chi connectivity index (χ0v) is 20.6. The lowest BCUT2D eigenvalue weighted by Gasteiger charge is -2.55. The molecule has 4 rings (SSSR count). The van der Waals surface area contributed by atoms with Crippen molar-refractivity contribution in [3.63, 3.8) is 0 Å². The van der Waals surface area contributed by atoms with Gasteiger partial charge in [-0.15, -0.1) is 0 Å². The molecule has 2 heterocycles. The summed E-state index contributed by atoms with van der Waals surface area (Å²) >= 11 is 0. The van der Waals surface area contributed by atoms with E-state index in [2.05, 4.69) is 54.0 Å². The molecule has 0 aromatic heterocycles. The molecule has 2 fully saturated rings. The molecular weight excluding hydrogens is 412 g/mol. The summed E-state index contributed by atoms with van der Waals surface area (Å²) in [5.74, 6) is 0.601. The first-order valence-corrected chi connectivity index (χ1v) is 12.1. The Morgan fingerprint density at radius 3 is 2.48 bits per heavy atom. The average Bonchev–Trinajstić information content (AvgIpc) is 2.74. The van der Waals surface area contributed by atoms with Crippen LogP contribution >= 0.6 is 0 Å². The van der Waals surface area contributed by atoms with Gasteiger partial charge in [0.25, 0.3) is 0 Å². The van der Waals surface area contributed by atoms with Gasteiger partial charge in [-0.3, -0.25) is 14.6 Å². The second kappa shape index (κ2) is 9.11. The highest BCUT2D eigenvalue weighted by atomic mass is 16.6. The lowest BCUT2D eigenvalue weighted by Crippen LogP contribution is -2.62. The third kappa shape index (κ3) is 5.25. The number of phenols is 1. The van der Waals surface area contributed by atoms with E-state index in [1.807, 2.05) is 39.0 Å². The Morgan fingerprint density at radius 1 is 1.09 bits per heavy atom. The molecule has 178 valence electrons. The Balaban J connectivity index is 1.59. The van der Waals surface area contributed by atoms with Crippen molar-refractivity contribution in [2.45, 2.75) is 64.1 Å². The standard InChI is InChI=1S/C28H38N2O3/c1-20-16-29-18-25(21-10-7-6-8-11-21)30(19-26(32)33-27(2,3)4)17-23(29)15-28(20,5)22-12-9-13-24(31)14-22/h6-14,20,23,25,31H,15-19H2,1-5H3/t20?,23?,25-,28-/m1/s1. The van der Waals surface area contributed by atoms with E-state index in [4.69, 9.17) is 4.74 Å². The van der Waals surface area contributed by atoms with E-state index in [1.165, 1.54) is 11.1 Å². The molecule has 0 saturated carbocycles. The van der Waals surface area contributed by atoms with Crippen LogP contribution in [0, 0.1) is 5.92 Å². The van der Waals surface area contributed by atoms with Crippen LogP contribution in [0.15, 0.2) is 54.6 Å². The first-order valence-electron chi connectivity index (χ1n) is 12.1. The van der Waals surface area contributed by atoms with Crippen LogP contribution in [0.4, 0.5) is 0 Å². The van der Waals surface area contributed by atoms with Gasteiger partial charge in [0.1, 0.15) is 11.4 Å². The minimum Gasteiger partial charge on any atom is -0.508 e. The highest BCUT2D eigenvalue weighted by Crippen LogP contribution is 2.45. The first-order chi connectivity index (χ1) is 15.5. The highest BCUT2D eigenvalue weighted by Gasteiger charge is 2.47. The zero-order chi connectivity index (χ0) is 23.8. The number of carbonyl (C=O) groups excluding carboxylic acids is 1. The van der Waals surface area contributed by atoms with Crippen LogP contribution in [0.1, 0.15) is 58.2 Å². The molecule has 2 aliphatic rings. The first kappa shape index (κ1) is 23.8. The van der Waals surface area contributed by atoms with E-state index in [0.29, 0.717) is 24.3 Å². The normalized spacial score (nSPS) is 28.8.